The van der Waals surface area contributed by atoms with Gasteiger partial charge in [-0.1, -0.05) is 5.16 Å². The predicted molar refractivity (Wildman–Crippen MR) is 105 cm³/mol. The third-order valence-electron chi connectivity index (χ3n) is 6.07. The van der Waals surface area contributed by atoms with E-state index in [9.17, 15) is 9.18 Å². The van der Waals surface area contributed by atoms with E-state index >= 15 is 0 Å². The van der Waals surface area contributed by atoms with E-state index in [0.29, 0.717) is 29.9 Å². The molecule has 0 spiro atoms. The maximum absolute atomic E-state index is 13.1. The first kappa shape index (κ1) is 19.1. The van der Waals surface area contributed by atoms with Crippen molar-refractivity contribution in [3.8, 4) is 11.3 Å². The van der Waals surface area contributed by atoms with Crippen LogP contribution in [0.5, 0.6) is 0 Å². The molecule has 2 aliphatic rings. The van der Waals surface area contributed by atoms with Gasteiger partial charge in [0.1, 0.15) is 5.82 Å². The summed E-state index contributed by atoms with van der Waals surface area (Å²) in [6.07, 6.45) is 5.94. The lowest BCUT2D eigenvalue weighted by atomic mass is 9.81. The minimum absolute atomic E-state index is 0.266. The third-order valence-corrected chi connectivity index (χ3v) is 6.07. The van der Waals surface area contributed by atoms with Gasteiger partial charge in [0.05, 0.1) is 5.69 Å². The van der Waals surface area contributed by atoms with Crippen molar-refractivity contribution in [1.29, 1.82) is 0 Å². The van der Waals surface area contributed by atoms with Gasteiger partial charge in [-0.25, -0.2) is 4.39 Å². The number of nitrogens with one attached hydrogen (secondary N) is 1. The van der Waals surface area contributed by atoms with Crippen LogP contribution in [0.1, 0.15) is 37.8 Å². The number of rotatable bonds is 5. The van der Waals surface area contributed by atoms with Crippen molar-refractivity contribution >= 4 is 5.91 Å². The number of carbonyl (C=O) groups is 1. The van der Waals surface area contributed by atoms with Crippen LogP contribution >= 0.6 is 0 Å². The highest BCUT2D eigenvalue weighted by molar-refractivity contribution is 5.76. The van der Waals surface area contributed by atoms with E-state index in [1.807, 2.05) is 11.0 Å². The molecule has 2 atom stereocenters. The molecular weight excluding hydrogens is 357 g/mol. The second kappa shape index (κ2) is 8.86. The van der Waals surface area contributed by atoms with Crippen molar-refractivity contribution in [1.82, 2.24) is 15.4 Å². The average Bonchev–Trinajstić information content (AvgIpc) is 3.19. The molecule has 2 saturated heterocycles. The maximum Gasteiger partial charge on any atom is 0.222 e. The molecule has 1 aromatic carbocycles. The number of aromatic nitrogens is 1. The standard InChI is InChI=1S/C22H28FN3O2/c23-19-6-4-16(5-7-19)21-14-20(25-28-21)12-18-15-24-9-8-17(18)13-22(27)26-10-2-1-3-11-26/h4-7,14,17-18,24H,1-3,8-13,15H2. The fourth-order valence-electron chi connectivity index (χ4n) is 4.41. The second-order valence-electron chi connectivity index (χ2n) is 8.05. The molecule has 150 valence electrons. The molecule has 6 heteroatoms. The molecular formula is C22H28FN3O2. The second-order valence-corrected chi connectivity index (χ2v) is 8.05. The average molecular weight is 385 g/mol. The molecule has 2 fully saturated rings. The van der Waals surface area contributed by atoms with Gasteiger partial charge in [0.2, 0.25) is 5.91 Å². The number of halogens is 1. The fourth-order valence-corrected chi connectivity index (χ4v) is 4.41. The van der Waals surface area contributed by atoms with E-state index in [2.05, 4.69) is 10.5 Å². The van der Waals surface area contributed by atoms with Gasteiger partial charge in [-0.15, -0.1) is 0 Å². The fraction of sp³-hybridized carbons (Fsp3) is 0.545. The molecule has 3 heterocycles. The van der Waals surface area contributed by atoms with Crippen LogP contribution in [0.3, 0.4) is 0 Å². The largest absolute Gasteiger partial charge is 0.356 e. The predicted octanol–water partition coefficient (Wildman–Crippen LogP) is 3.65. The third kappa shape index (κ3) is 4.61. The number of benzene rings is 1. The minimum atomic E-state index is -0.266. The van der Waals surface area contributed by atoms with E-state index < -0.39 is 0 Å². The number of piperidine rings is 2. The number of hydrogen-bond acceptors (Lipinski definition) is 4. The van der Waals surface area contributed by atoms with Gasteiger partial charge in [0.25, 0.3) is 0 Å². The number of amides is 1. The molecule has 0 saturated carbocycles. The summed E-state index contributed by atoms with van der Waals surface area (Å²) < 4.78 is 18.6. The van der Waals surface area contributed by atoms with Crippen LogP contribution < -0.4 is 5.32 Å². The van der Waals surface area contributed by atoms with E-state index in [4.69, 9.17) is 4.52 Å². The zero-order chi connectivity index (χ0) is 19.3. The summed E-state index contributed by atoms with van der Waals surface area (Å²) in [5.41, 5.74) is 1.71. The quantitative estimate of drug-likeness (QED) is 0.854. The SMILES string of the molecule is O=C(CC1CCNCC1Cc1cc(-c2ccc(F)cc2)on1)N1CCCCC1. The van der Waals surface area contributed by atoms with Crippen LogP contribution in [0.2, 0.25) is 0 Å². The molecule has 1 amide bonds. The Labute approximate surface area is 165 Å². The van der Waals surface area contributed by atoms with E-state index in [0.717, 1.165) is 63.1 Å². The molecule has 2 aliphatic heterocycles. The van der Waals surface area contributed by atoms with Crippen molar-refractivity contribution in [2.45, 2.75) is 38.5 Å². The summed E-state index contributed by atoms with van der Waals surface area (Å²) in [4.78, 5) is 14.8. The topological polar surface area (TPSA) is 58.4 Å². The highest BCUT2D eigenvalue weighted by Gasteiger charge is 2.30. The Morgan fingerprint density at radius 3 is 2.75 bits per heavy atom. The van der Waals surface area contributed by atoms with Gasteiger partial charge in [-0.2, -0.15) is 0 Å². The first-order valence-electron chi connectivity index (χ1n) is 10.4. The molecule has 5 nitrogen and oxygen atoms in total. The van der Waals surface area contributed by atoms with Gasteiger partial charge in [-0.3, -0.25) is 4.79 Å². The Bertz CT molecular complexity index is 783. The molecule has 2 aromatic rings. The summed E-state index contributed by atoms with van der Waals surface area (Å²) in [5.74, 6) is 1.44. The highest BCUT2D eigenvalue weighted by atomic mass is 19.1. The lowest BCUT2D eigenvalue weighted by Crippen LogP contribution is -2.42. The zero-order valence-corrected chi connectivity index (χ0v) is 16.2. The Kier molecular flexibility index (Phi) is 6.05. The van der Waals surface area contributed by atoms with Gasteiger partial charge >= 0.3 is 0 Å². The van der Waals surface area contributed by atoms with Crippen molar-refractivity contribution < 1.29 is 13.7 Å². The van der Waals surface area contributed by atoms with Gasteiger partial charge in [0.15, 0.2) is 5.76 Å². The number of nitrogens with zero attached hydrogens (tertiary/aromatic N) is 2. The van der Waals surface area contributed by atoms with Crippen LogP contribution in [0.15, 0.2) is 34.9 Å². The van der Waals surface area contributed by atoms with Gasteiger partial charge in [0, 0.05) is 31.1 Å². The van der Waals surface area contributed by atoms with Crippen molar-refractivity contribution in [3.63, 3.8) is 0 Å². The Morgan fingerprint density at radius 1 is 1.18 bits per heavy atom. The van der Waals surface area contributed by atoms with E-state index in [1.165, 1.54) is 18.6 Å². The van der Waals surface area contributed by atoms with Crippen molar-refractivity contribution in [2.24, 2.45) is 11.8 Å². The number of hydrogen-bond donors (Lipinski definition) is 1. The molecule has 4 rings (SSSR count). The van der Waals surface area contributed by atoms with Crippen LogP contribution in [-0.4, -0.2) is 42.1 Å². The first-order chi connectivity index (χ1) is 13.7. The smallest absolute Gasteiger partial charge is 0.222 e. The summed E-state index contributed by atoms with van der Waals surface area (Å²) in [5, 5.41) is 7.68. The Balaban J connectivity index is 1.39. The van der Waals surface area contributed by atoms with Crippen LogP contribution in [0.25, 0.3) is 11.3 Å². The Morgan fingerprint density at radius 2 is 1.96 bits per heavy atom. The summed E-state index contributed by atoms with van der Waals surface area (Å²) >= 11 is 0. The lowest BCUT2D eigenvalue weighted by molar-refractivity contribution is -0.133. The number of carbonyl (C=O) groups excluding carboxylic acids is 1. The zero-order valence-electron chi connectivity index (χ0n) is 16.2. The summed E-state index contributed by atoms with van der Waals surface area (Å²) in [6.45, 7) is 3.70. The minimum Gasteiger partial charge on any atom is -0.356 e. The molecule has 28 heavy (non-hydrogen) atoms. The molecule has 0 bridgehead atoms. The lowest BCUT2D eigenvalue weighted by Gasteiger charge is -2.34. The van der Waals surface area contributed by atoms with Crippen LogP contribution in [0, 0.1) is 17.7 Å². The van der Waals surface area contributed by atoms with Gasteiger partial charge < -0.3 is 14.7 Å². The van der Waals surface area contributed by atoms with E-state index in [1.54, 1.807) is 12.1 Å². The van der Waals surface area contributed by atoms with Gasteiger partial charge in [-0.05, 0) is 81.3 Å². The molecule has 1 aromatic heterocycles. The maximum atomic E-state index is 13.1. The molecule has 0 radical (unpaired) electrons. The normalized spacial score (nSPS) is 23.0. The van der Waals surface area contributed by atoms with Crippen LogP contribution in [-0.2, 0) is 11.2 Å². The highest BCUT2D eigenvalue weighted by Crippen LogP contribution is 2.29. The monoisotopic (exact) mass is 385 g/mol. The van der Waals surface area contributed by atoms with E-state index in [-0.39, 0.29) is 5.82 Å². The van der Waals surface area contributed by atoms with Crippen molar-refractivity contribution in [2.75, 3.05) is 26.2 Å². The molecule has 2 unspecified atom stereocenters. The summed E-state index contributed by atoms with van der Waals surface area (Å²) in [7, 11) is 0. The van der Waals surface area contributed by atoms with Crippen molar-refractivity contribution in [3.05, 3.63) is 41.8 Å². The van der Waals surface area contributed by atoms with Crippen LogP contribution in [0.4, 0.5) is 4.39 Å². The number of likely N-dealkylation sites (tertiary alicyclic amines) is 1. The Hall–Kier alpha value is -2.21. The summed E-state index contributed by atoms with van der Waals surface area (Å²) in [6, 6.07) is 8.17. The molecule has 0 aliphatic carbocycles. The first-order valence-corrected chi connectivity index (χ1v) is 10.4. The molecule has 1 N–H and O–H groups in total.